The molecular weight excluding hydrogens is 204 g/mol. The van der Waals surface area contributed by atoms with Crippen LogP contribution in [-0.2, 0) is 0 Å². The summed E-state index contributed by atoms with van der Waals surface area (Å²) in [7, 11) is 0. The van der Waals surface area contributed by atoms with Crippen LogP contribution in [0.5, 0.6) is 5.75 Å². The van der Waals surface area contributed by atoms with Crippen molar-refractivity contribution in [2.75, 3.05) is 19.6 Å². The molecule has 0 unspecified atom stereocenters. The van der Waals surface area contributed by atoms with Crippen molar-refractivity contribution in [3.63, 3.8) is 0 Å². The lowest BCUT2D eigenvalue weighted by Gasteiger charge is -2.32. The van der Waals surface area contributed by atoms with E-state index in [-0.39, 0.29) is 12.1 Å². The molecule has 1 aromatic carbocycles. The molecule has 1 heterocycles. The highest BCUT2D eigenvalue weighted by atomic mass is 16.6. The molecule has 1 aliphatic heterocycles. The highest BCUT2D eigenvalue weighted by molar-refractivity contribution is 5.71. The maximum absolute atomic E-state index is 11.9. The van der Waals surface area contributed by atoms with Crippen LogP contribution in [-0.4, -0.2) is 36.7 Å². The molecule has 86 valence electrons. The Bertz CT molecular complexity index is 353. The Morgan fingerprint density at radius 1 is 1.44 bits per heavy atom. The van der Waals surface area contributed by atoms with E-state index in [1.165, 1.54) is 0 Å². The predicted molar refractivity (Wildman–Crippen MR) is 61.5 cm³/mol. The molecule has 1 fully saturated rings. The Kier molecular flexibility index (Phi) is 3.41. The van der Waals surface area contributed by atoms with Crippen LogP contribution in [0, 0.1) is 0 Å². The number of benzene rings is 1. The molecule has 0 spiro atoms. The number of nitrogens with one attached hydrogen (secondary N) is 1. The van der Waals surface area contributed by atoms with Crippen LogP contribution >= 0.6 is 0 Å². The summed E-state index contributed by atoms with van der Waals surface area (Å²) in [6, 6.07) is 9.35. The Labute approximate surface area is 95.2 Å². The van der Waals surface area contributed by atoms with E-state index in [1.54, 1.807) is 17.0 Å². The van der Waals surface area contributed by atoms with Gasteiger partial charge in [0.05, 0.1) is 0 Å². The van der Waals surface area contributed by atoms with Crippen molar-refractivity contribution in [2.45, 2.75) is 13.0 Å². The first kappa shape index (κ1) is 11.0. The van der Waals surface area contributed by atoms with Crippen LogP contribution in [0.1, 0.15) is 6.92 Å². The summed E-state index contributed by atoms with van der Waals surface area (Å²) in [6.45, 7) is 4.36. The van der Waals surface area contributed by atoms with Gasteiger partial charge in [0.1, 0.15) is 5.75 Å². The molecule has 1 aromatic rings. The minimum Gasteiger partial charge on any atom is -0.410 e. The van der Waals surface area contributed by atoms with E-state index in [4.69, 9.17) is 4.74 Å². The van der Waals surface area contributed by atoms with E-state index in [2.05, 4.69) is 5.32 Å². The standard InChI is InChI=1S/C12H16N2O2/c1-10-9-13-7-8-14(10)12(15)16-11-5-3-2-4-6-11/h2-6,10,13H,7-9H2,1H3/t10-/m1/s1. The summed E-state index contributed by atoms with van der Waals surface area (Å²) < 4.78 is 5.28. The molecule has 4 nitrogen and oxygen atoms in total. The van der Waals surface area contributed by atoms with E-state index in [9.17, 15) is 4.79 Å². The van der Waals surface area contributed by atoms with Crippen LogP contribution in [0.15, 0.2) is 30.3 Å². The van der Waals surface area contributed by atoms with E-state index in [0.29, 0.717) is 12.3 Å². The summed E-state index contributed by atoms with van der Waals surface area (Å²) >= 11 is 0. The third-order valence-electron chi connectivity index (χ3n) is 2.68. The first-order valence-corrected chi connectivity index (χ1v) is 5.51. The van der Waals surface area contributed by atoms with Crippen molar-refractivity contribution in [3.05, 3.63) is 30.3 Å². The van der Waals surface area contributed by atoms with Gasteiger partial charge in [-0.1, -0.05) is 18.2 Å². The average Bonchev–Trinajstić information content (AvgIpc) is 2.31. The van der Waals surface area contributed by atoms with Crippen molar-refractivity contribution >= 4 is 6.09 Å². The second kappa shape index (κ2) is 4.99. The highest BCUT2D eigenvalue weighted by Gasteiger charge is 2.24. The lowest BCUT2D eigenvalue weighted by molar-refractivity contribution is 0.124. The number of carbonyl (C=O) groups excluding carboxylic acids is 1. The van der Waals surface area contributed by atoms with Gasteiger partial charge in [0.25, 0.3) is 0 Å². The fourth-order valence-corrected chi connectivity index (χ4v) is 1.76. The van der Waals surface area contributed by atoms with Gasteiger partial charge in [0, 0.05) is 25.7 Å². The number of hydrogen-bond donors (Lipinski definition) is 1. The molecule has 0 saturated carbocycles. The molecule has 1 atom stereocenters. The molecule has 1 N–H and O–H groups in total. The first-order chi connectivity index (χ1) is 7.77. The molecule has 1 amide bonds. The van der Waals surface area contributed by atoms with Crippen molar-refractivity contribution in [1.82, 2.24) is 10.2 Å². The number of piperazine rings is 1. The zero-order valence-corrected chi connectivity index (χ0v) is 9.35. The summed E-state index contributed by atoms with van der Waals surface area (Å²) in [5, 5.41) is 3.23. The lowest BCUT2D eigenvalue weighted by Crippen LogP contribution is -2.53. The van der Waals surface area contributed by atoms with Gasteiger partial charge >= 0.3 is 6.09 Å². The second-order valence-electron chi connectivity index (χ2n) is 3.93. The number of nitrogens with zero attached hydrogens (tertiary/aromatic N) is 1. The Balaban J connectivity index is 1.97. The number of hydrogen-bond acceptors (Lipinski definition) is 3. The normalized spacial score (nSPS) is 20.6. The Morgan fingerprint density at radius 3 is 2.88 bits per heavy atom. The monoisotopic (exact) mass is 220 g/mol. The molecule has 1 aliphatic rings. The Morgan fingerprint density at radius 2 is 2.19 bits per heavy atom. The zero-order chi connectivity index (χ0) is 11.4. The van der Waals surface area contributed by atoms with E-state index in [1.807, 2.05) is 25.1 Å². The van der Waals surface area contributed by atoms with E-state index in [0.717, 1.165) is 13.1 Å². The highest BCUT2D eigenvalue weighted by Crippen LogP contribution is 2.12. The topological polar surface area (TPSA) is 41.6 Å². The molecular formula is C12H16N2O2. The van der Waals surface area contributed by atoms with Crippen LogP contribution < -0.4 is 10.1 Å². The molecule has 1 saturated heterocycles. The molecule has 4 heteroatoms. The van der Waals surface area contributed by atoms with Gasteiger partial charge in [0.2, 0.25) is 0 Å². The first-order valence-electron chi connectivity index (χ1n) is 5.51. The molecule has 16 heavy (non-hydrogen) atoms. The quantitative estimate of drug-likeness (QED) is 0.779. The second-order valence-corrected chi connectivity index (χ2v) is 3.93. The van der Waals surface area contributed by atoms with Crippen molar-refractivity contribution in [3.8, 4) is 5.75 Å². The maximum Gasteiger partial charge on any atom is 0.415 e. The fourth-order valence-electron chi connectivity index (χ4n) is 1.76. The van der Waals surface area contributed by atoms with Gasteiger partial charge in [0.15, 0.2) is 0 Å². The third kappa shape index (κ3) is 2.52. The van der Waals surface area contributed by atoms with E-state index < -0.39 is 0 Å². The minimum absolute atomic E-state index is 0.185. The number of ether oxygens (including phenoxy) is 1. The zero-order valence-electron chi connectivity index (χ0n) is 9.35. The SMILES string of the molecule is C[C@@H]1CNCCN1C(=O)Oc1ccccc1. The fraction of sp³-hybridized carbons (Fsp3) is 0.417. The number of amides is 1. The van der Waals surface area contributed by atoms with E-state index >= 15 is 0 Å². The largest absolute Gasteiger partial charge is 0.415 e. The molecule has 0 radical (unpaired) electrons. The summed E-state index contributed by atoms with van der Waals surface area (Å²) in [5.74, 6) is 0.596. The number of carbonyl (C=O) groups is 1. The van der Waals surface area contributed by atoms with Crippen LogP contribution in [0.25, 0.3) is 0 Å². The molecule has 0 aliphatic carbocycles. The minimum atomic E-state index is -0.264. The van der Waals surface area contributed by atoms with Gasteiger partial charge in [-0.25, -0.2) is 4.79 Å². The van der Waals surface area contributed by atoms with Gasteiger partial charge in [-0.2, -0.15) is 0 Å². The van der Waals surface area contributed by atoms with Crippen LogP contribution in [0.4, 0.5) is 4.79 Å². The van der Waals surface area contributed by atoms with Crippen LogP contribution in [0.3, 0.4) is 0 Å². The predicted octanol–water partition coefficient (Wildman–Crippen LogP) is 1.48. The van der Waals surface area contributed by atoms with Gasteiger partial charge in [-0.3, -0.25) is 0 Å². The van der Waals surface area contributed by atoms with Crippen molar-refractivity contribution < 1.29 is 9.53 Å². The third-order valence-corrected chi connectivity index (χ3v) is 2.68. The van der Waals surface area contributed by atoms with Crippen LogP contribution in [0.2, 0.25) is 0 Å². The summed E-state index contributed by atoms with van der Waals surface area (Å²) in [5.41, 5.74) is 0. The van der Waals surface area contributed by atoms with Crippen molar-refractivity contribution in [1.29, 1.82) is 0 Å². The van der Waals surface area contributed by atoms with Gasteiger partial charge in [-0.15, -0.1) is 0 Å². The Hall–Kier alpha value is -1.55. The summed E-state index contributed by atoms with van der Waals surface area (Å²) in [4.78, 5) is 13.6. The number of para-hydroxylation sites is 1. The maximum atomic E-state index is 11.9. The molecule has 0 aromatic heterocycles. The molecule has 2 rings (SSSR count). The lowest BCUT2D eigenvalue weighted by atomic mass is 10.2. The van der Waals surface area contributed by atoms with Gasteiger partial charge in [-0.05, 0) is 19.1 Å². The molecule has 0 bridgehead atoms. The van der Waals surface area contributed by atoms with Crippen molar-refractivity contribution in [2.24, 2.45) is 0 Å². The van der Waals surface area contributed by atoms with Gasteiger partial charge < -0.3 is 15.0 Å². The average molecular weight is 220 g/mol. The smallest absolute Gasteiger partial charge is 0.410 e. The number of rotatable bonds is 1. The summed E-state index contributed by atoms with van der Waals surface area (Å²) in [6.07, 6.45) is -0.264.